The Kier molecular flexibility index (Phi) is 3.65. The van der Waals surface area contributed by atoms with Crippen molar-refractivity contribution in [2.24, 2.45) is 0 Å². The second-order valence-electron chi connectivity index (χ2n) is 5.58. The normalized spacial score (nSPS) is 20.3. The third-order valence-electron chi connectivity index (χ3n) is 4.04. The van der Waals surface area contributed by atoms with Gasteiger partial charge in [-0.3, -0.25) is 9.59 Å². The highest BCUT2D eigenvalue weighted by Crippen LogP contribution is 2.26. The Morgan fingerprint density at radius 3 is 2.45 bits per heavy atom. The van der Waals surface area contributed by atoms with Gasteiger partial charge in [-0.05, 0) is 38.0 Å². The third-order valence-corrected chi connectivity index (χ3v) is 6.05. The highest BCUT2D eigenvalue weighted by atomic mass is 32.2. The molecule has 1 fully saturated rings. The molecule has 0 radical (unpaired) electrons. The smallest absolute Gasteiger partial charge is 0.314 e. The molecule has 0 aliphatic carbocycles. The van der Waals surface area contributed by atoms with E-state index >= 15 is 0 Å². The molecule has 0 bridgehead atoms. The molecule has 2 N–H and O–H groups in total. The standard InChI is InChI=1S/C14H17N3O4S/c1-9-4-2-3-7-17(9)22(20,21)10-5-6-11-12(8-10)16-14(19)13(18)15-11/h5-6,8-9H,2-4,7H2,1H3,(H,15,18)(H,16,19)/t9-/m1/s1. The molecule has 0 amide bonds. The second-order valence-corrected chi connectivity index (χ2v) is 7.47. The Balaban J connectivity index is 2.11. The fraction of sp³-hybridized carbons (Fsp3) is 0.429. The Labute approximate surface area is 127 Å². The van der Waals surface area contributed by atoms with Crippen LogP contribution in [0, 0.1) is 0 Å². The molecule has 22 heavy (non-hydrogen) atoms. The van der Waals surface area contributed by atoms with Gasteiger partial charge in [0, 0.05) is 12.6 Å². The van der Waals surface area contributed by atoms with Crippen LogP contribution in [-0.2, 0) is 10.0 Å². The zero-order valence-corrected chi connectivity index (χ0v) is 12.9. The summed E-state index contributed by atoms with van der Waals surface area (Å²) < 4.78 is 27.0. The maximum absolute atomic E-state index is 12.8. The number of nitrogens with one attached hydrogen (secondary N) is 2. The minimum atomic E-state index is -3.61. The van der Waals surface area contributed by atoms with Crippen LogP contribution in [0.5, 0.6) is 0 Å². The lowest BCUT2D eigenvalue weighted by atomic mass is 10.1. The van der Waals surface area contributed by atoms with Crippen molar-refractivity contribution in [2.45, 2.75) is 37.1 Å². The maximum atomic E-state index is 12.8. The summed E-state index contributed by atoms with van der Waals surface area (Å²) in [6.45, 7) is 2.40. The lowest BCUT2D eigenvalue weighted by Crippen LogP contribution is -2.41. The molecular weight excluding hydrogens is 306 g/mol. The minimum Gasteiger partial charge on any atom is -0.316 e. The Bertz CT molecular complexity index is 929. The SMILES string of the molecule is C[C@@H]1CCCCN1S(=O)(=O)c1ccc2[nH]c(=O)c(=O)[nH]c2c1. The van der Waals surface area contributed by atoms with Crippen LogP contribution in [0.3, 0.4) is 0 Å². The van der Waals surface area contributed by atoms with Gasteiger partial charge < -0.3 is 9.97 Å². The average Bonchev–Trinajstić information content (AvgIpc) is 2.48. The Hall–Kier alpha value is -1.93. The molecule has 1 aliphatic rings. The lowest BCUT2D eigenvalue weighted by molar-refractivity contribution is 0.268. The number of hydrogen-bond acceptors (Lipinski definition) is 4. The van der Waals surface area contributed by atoms with Crippen molar-refractivity contribution in [3.63, 3.8) is 0 Å². The summed E-state index contributed by atoms with van der Waals surface area (Å²) in [5, 5.41) is 0. The van der Waals surface area contributed by atoms with Gasteiger partial charge in [-0.2, -0.15) is 4.31 Å². The molecule has 1 aliphatic heterocycles. The van der Waals surface area contributed by atoms with Crippen molar-refractivity contribution in [1.29, 1.82) is 0 Å². The Morgan fingerprint density at radius 1 is 1.09 bits per heavy atom. The molecule has 1 saturated heterocycles. The van der Waals surface area contributed by atoms with Gasteiger partial charge in [-0.1, -0.05) is 6.42 Å². The van der Waals surface area contributed by atoms with Crippen LogP contribution < -0.4 is 11.1 Å². The van der Waals surface area contributed by atoms with Crippen LogP contribution in [0.2, 0.25) is 0 Å². The number of aromatic nitrogens is 2. The van der Waals surface area contributed by atoms with Crippen molar-refractivity contribution in [2.75, 3.05) is 6.54 Å². The number of aromatic amines is 2. The monoisotopic (exact) mass is 323 g/mol. The molecule has 7 nitrogen and oxygen atoms in total. The molecule has 118 valence electrons. The van der Waals surface area contributed by atoms with Gasteiger partial charge >= 0.3 is 11.1 Å². The summed E-state index contributed by atoms with van der Waals surface area (Å²) >= 11 is 0. The molecule has 1 atom stereocenters. The third kappa shape index (κ3) is 2.48. The summed E-state index contributed by atoms with van der Waals surface area (Å²) in [7, 11) is -3.61. The van der Waals surface area contributed by atoms with Gasteiger partial charge in [0.25, 0.3) is 0 Å². The van der Waals surface area contributed by atoms with E-state index in [1.807, 2.05) is 6.92 Å². The van der Waals surface area contributed by atoms with Crippen LogP contribution in [0.15, 0.2) is 32.7 Å². The van der Waals surface area contributed by atoms with Gasteiger partial charge in [0.2, 0.25) is 10.0 Å². The van der Waals surface area contributed by atoms with Crippen LogP contribution >= 0.6 is 0 Å². The van der Waals surface area contributed by atoms with E-state index in [2.05, 4.69) is 9.97 Å². The first kappa shape index (κ1) is 15.0. The minimum absolute atomic E-state index is 0.0379. The summed E-state index contributed by atoms with van der Waals surface area (Å²) in [6, 6.07) is 4.30. The van der Waals surface area contributed by atoms with Gasteiger partial charge in [-0.25, -0.2) is 8.42 Å². The van der Waals surface area contributed by atoms with Crippen LogP contribution in [0.4, 0.5) is 0 Å². The molecule has 2 aromatic rings. The Morgan fingerprint density at radius 2 is 1.77 bits per heavy atom. The van der Waals surface area contributed by atoms with Gasteiger partial charge in [-0.15, -0.1) is 0 Å². The number of fused-ring (bicyclic) bond motifs is 1. The molecule has 8 heteroatoms. The first-order valence-corrected chi connectivity index (χ1v) is 8.62. The summed E-state index contributed by atoms with van der Waals surface area (Å²) in [4.78, 5) is 27.6. The summed E-state index contributed by atoms with van der Waals surface area (Å²) in [5.74, 6) is 0. The lowest BCUT2D eigenvalue weighted by Gasteiger charge is -2.32. The van der Waals surface area contributed by atoms with E-state index < -0.39 is 21.1 Å². The van der Waals surface area contributed by atoms with Crippen molar-refractivity contribution >= 4 is 21.1 Å². The van der Waals surface area contributed by atoms with E-state index in [0.29, 0.717) is 17.6 Å². The van der Waals surface area contributed by atoms with Crippen LogP contribution in [0.25, 0.3) is 11.0 Å². The second kappa shape index (κ2) is 5.36. The predicted octanol–water partition coefficient (Wildman–Crippen LogP) is 0.779. The predicted molar refractivity (Wildman–Crippen MR) is 82.4 cm³/mol. The highest BCUT2D eigenvalue weighted by Gasteiger charge is 2.31. The zero-order valence-electron chi connectivity index (χ0n) is 12.1. The van der Waals surface area contributed by atoms with Crippen LogP contribution in [-0.4, -0.2) is 35.3 Å². The van der Waals surface area contributed by atoms with Gasteiger partial charge in [0.1, 0.15) is 0 Å². The van der Waals surface area contributed by atoms with Crippen molar-refractivity contribution in [3.05, 3.63) is 38.9 Å². The van der Waals surface area contributed by atoms with E-state index in [1.54, 1.807) is 0 Å². The quantitative estimate of drug-likeness (QED) is 0.797. The number of H-pyrrole nitrogens is 2. The molecule has 0 spiro atoms. The largest absolute Gasteiger partial charge is 0.316 e. The number of nitrogens with zero attached hydrogens (tertiary/aromatic N) is 1. The van der Waals surface area contributed by atoms with Gasteiger partial charge in [0.15, 0.2) is 0 Å². The topological polar surface area (TPSA) is 103 Å². The van der Waals surface area contributed by atoms with E-state index in [0.717, 1.165) is 19.3 Å². The van der Waals surface area contributed by atoms with Crippen molar-refractivity contribution in [3.8, 4) is 0 Å². The number of hydrogen-bond donors (Lipinski definition) is 2. The van der Waals surface area contributed by atoms with Crippen molar-refractivity contribution < 1.29 is 8.42 Å². The number of benzene rings is 1. The molecular formula is C14H17N3O4S. The average molecular weight is 323 g/mol. The fourth-order valence-electron chi connectivity index (χ4n) is 2.82. The number of rotatable bonds is 2. The molecule has 1 aromatic carbocycles. The summed E-state index contributed by atoms with van der Waals surface area (Å²) in [6.07, 6.45) is 2.72. The first-order valence-electron chi connectivity index (χ1n) is 7.18. The molecule has 0 saturated carbocycles. The van der Waals surface area contributed by atoms with Crippen LogP contribution in [0.1, 0.15) is 26.2 Å². The fourth-order valence-corrected chi connectivity index (χ4v) is 4.54. The van der Waals surface area contributed by atoms with Gasteiger partial charge in [0.05, 0.1) is 15.9 Å². The van der Waals surface area contributed by atoms with E-state index in [1.165, 1.54) is 22.5 Å². The molecule has 3 rings (SSSR count). The zero-order chi connectivity index (χ0) is 15.9. The van der Waals surface area contributed by atoms with E-state index in [9.17, 15) is 18.0 Å². The number of sulfonamides is 1. The summed E-state index contributed by atoms with van der Waals surface area (Å²) in [5.41, 5.74) is -0.855. The molecule has 2 heterocycles. The first-order chi connectivity index (χ1) is 10.4. The van der Waals surface area contributed by atoms with Crippen molar-refractivity contribution in [1.82, 2.24) is 14.3 Å². The maximum Gasteiger partial charge on any atom is 0.314 e. The number of piperidine rings is 1. The van der Waals surface area contributed by atoms with E-state index in [4.69, 9.17) is 0 Å². The highest BCUT2D eigenvalue weighted by molar-refractivity contribution is 7.89. The van der Waals surface area contributed by atoms with E-state index in [-0.39, 0.29) is 10.9 Å². The molecule has 0 unspecified atom stereocenters. The molecule has 1 aromatic heterocycles.